The van der Waals surface area contributed by atoms with Crippen LogP contribution in [0.15, 0.2) is 23.8 Å². The monoisotopic (exact) mass is 136 g/mol. The lowest BCUT2D eigenvalue weighted by molar-refractivity contribution is -0.109. The van der Waals surface area contributed by atoms with Crippen LogP contribution < -0.4 is 0 Å². The van der Waals surface area contributed by atoms with Crippen molar-refractivity contribution in [1.29, 1.82) is 0 Å². The zero-order valence-corrected chi connectivity index (χ0v) is 6.26. The van der Waals surface area contributed by atoms with E-state index < -0.39 is 0 Å². The molecule has 1 heteroatoms. The van der Waals surface area contributed by atoms with Crippen LogP contribution in [0.2, 0.25) is 0 Å². The first-order valence-corrected chi connectivity index (χ1v) is 3.55. The molecule has 0 amide bonds. The van der Waals surface area contributed by atoms with Crippen LogP contribution in [0.5, 0.6) is 0 Å². The first-order chi connectivity index (χ1) is 4.75. The van der Waals surface area contributed by atoms with E-state index in [0.717, 1.165) is 30.3 Å². The molecule has 0 N–H and O–H groups in total. The molecule has 10 heavy (non-hydrogen) atoms. The van der Waals surface area contributed by atoms with Crippen molar-refractivity contribution in [3.8, 4) is 0 Å². The van der Waals surface area contributed by atoms with Gasteiger partial charge in [-0.2, -0.15) is 0 Å². The number of rotatable bonds is 1. The zero-order chi connectivity index (χ0) is 7.56. The molecule has 1 rings (SSSR count). The fourth-order valence-electron chi connectivity index (χ4n) is 1.29. The smallest absolute Gasteiger partial charge is 0.131 e. The molecule has 1 nitrogen and oxygen atoms in total. The van der Waals surface area contributed by atoms with Gasteiger partial charge in [0.15, 0.2) is 0 Å². The summed E-state index contributed by atoms with van der Waals surface area (Å²) in [6.45, 7) is 5.83. The van der Waals surface area contributed by atoms with Gasteiger partial charge in [-0.25, -0.2) is 0 Å². The second-order valence-corrected chi connectivity index (χ2v) is 2.76. The Morgan fingerprint density at radius 3 is 2.90 bits per heavy atom. The Morgan fingerprint density at radius 2 is 2.50 bits per heavy atom. The molecular formula is C9H12O. The van der Waals surface area contributed by atoms with Crippen LogP contribution >= 0.6 is 0 Å². The van der Waals surface area contributed by atoms with Gasteiger partial charge in [0.05, 0.1) is 5.92 Å². The fourth-order valence-corrected chi connectivity index (χ4v) is 1.29. The van der Waals surface area contributed by atoms with Gasteiger partial charge in [-0.05, 0) is 19.8 Å². The molecule has 0 radical (unpaired) electrons. The van der Waals surface area contributed by atoms with Gasteiger partial charge in [0.2, 0.25) is 0 Å². The van der Waals surface area contributed by atoms with Crippen LogP contribution in [-0.2, 0) is 4.79 Å². The summed E-state index contributed by atoms with van der Waals surface area (Å²) in [5.74, 6) is 0.00810. The van der Waals surface area contributed by atoms with Crippen molar-refractivity contribution in [2.24, 2.45) is 5.92 Å². The molecule has 0 spiro atoms. The van der Waals surface area contributed by atoms with Crippen LogP contribution in [0.4, 0.5) is 0 Å². The van der Waals surface area contributed by atoms with Crippen molar-refractivity contribution in [2.45, 2.75) is 19.8 Å². The quantitative estimate of drug-likeness (QED) is 0.398. The molecule has 1 aliphatic carbocycles. The zero-order valence-electron chi connectivity index (χ0n) is 6.26. The summed E-state index contributed by atoms with van der Waals surface area (Å²) in [5.41, 5.74) is 2.22. The molecule has 0 heterocycles. The number of carbonyl (C=O) groups excluding carboxylic acids is 1. The summed E-state index contributed by atoms with van der Waals surface area (Å²) in [6, 6.07) is 0. The van der Waals surface area contributed by atoms with Crippen molar-refractivity contribution in [1.82, 2.24) is 0 Å². The Morgan fingerprint density at radius 1 is 1.80 bits per heavy atom. The lowest BCUT2D eigenvalue weighted by Crippen LogP contribution is -2.10. The molecule has 1 atom stereocenters. The average Bonchev–Trinajstić information content (AvgIpc) is 1.88. The molecule has 1 aliphatic rings. The van der Waals surface area contributed by atoms with Gasteiger partial charge >= 0.3 is 0 Å². The van der Waals surface area contributed by atoms with Gasteiger partial charge in [0.1, 0.15) is 6.29 Å². The van der Waals surface area contributed by atoms with E-state index in [2.05, 4.69) is 12.7 Å². The molecule has 0 bridgehead atoms. The Hall–Kier alpha value is -0.850. The number of hydrogen-bond donors (Lipinski definition) is 0. The maximum Gasteiger partial charge on any atom is 0.131 e. The van der Waals surface area contributed by atoms with E-state index in [0.29, 0.717) is 0 Å². The van der Waals surface area contributed by atoms with Crippen molar-refractivity contribution < 1.29 is 4.79 Å². The molecule has 0 unspecified atom stereocenters. The van der Waals surface area contributed by atoms with Crippen molar-refractivity contribution in [2.75, 3.05) is 0 Å². The van der Waals surface area contributed by atoms with Gasteiger partial charge in [-0.3, -0.25) is 0 Å². The minimum Gasteiger partial charge on any atom is -0.302 e. The third-order valence-corrected chi connectivity index (χ3v) is 2.00. The van der Waals surface area contributed by atoms with Crippen molar-refractivity contribution in [3.63, 3.8) is 0 Å². The lowest BCUT2D eigenvalue weighted by atomic mass is 9.86. The van der Waals surface area contributed by atoms with Crippen molar-refractivity contribution in [3.05, 3.63) is 23.8 Å². The molecule has 0 aliphatic heterocycles. The van der Waals surface area contributed by atoms with Crippen LogP contribution in [-0.4, -0.2) is 6.29 Å². The van der Waals surface area contributed by atoms with E-state index in [1.807, 2.05) is 6.92 Å². The molecule has 0 saturated heterocycles. The fraction of sp³-hybridized carbons (Fsp3) is 0.444. The normalized spacial score (nSPS) is 25.9. The van der Waals surface area contributed by atoms with Crippen LogP contribution in [0.1, 0.15) is 19.8 Å². The number of allylic oxidation sites excluding steroid dienone is 3. The standard InChI is InChI=1S/C9H12O/c1-7-4-3-5-8(2)9(7)6-10/h5-6,9H,1,3-4H2,2H3/t9-/m0/s1. The SMILES string of the molecule is C=C1CCC=C(C)[C@H]1C=O. The Balaban J connectivity index is 2.82. The van der Waals surface area contributed by atoms with Crippen LogP contribution in [0, 0.1) is 5.92 Å². The summed E-state index contributed by atoms with van der Waals surface area (Å²) >= 11 is 0. The lowest BCUT2D eigenvalue weighted by Gasteiger charge is -2.18. The summed E-state index contributed by atoms with van der Waals surface area (Å²) in [7, 11) is 0. The predicted octanol–water partition coefficient (Wildman–Crippen LogP) is 2.10. The minimum atomic E-state index is 0.00810. The molecular weight excluding hydrogens is 124 g/mol. The molecule has 0 fully saturated rings. The highest BCUT2D eigenvalue weighted by molar-refractivity contribution is 5.64. The average molecular weight is 136 g/mol. The Kier molecular flexibility index (Phi) is 2.05. The molecule has 0 aromatic rings. The third-order valence-electron chi connectivity index (χ3n) is 2.00. The highest BCUT2D eigenvalue weighted by Gasteiger charge is 2.16. The summed E-state index contributed by atoms with van der Waals surface area (Å²) in [6.07, 6.45) is 5.12. The number of aldehydes is 1. The first kappa shape index (κ1) is 7.26. The summed E-state index contributed by atoms with van der Waals surface area (Å²) < 4.78 is 0. The minimum absolute atomic E-state index is 0.00810. The van der Waals surface area contributed by atoms with E-state index in [1.54, 1.807) is 0 Å². The second-order valence-electron chi connectivity index (χ2n) is 2.76. The molecule has 0 saturated carbocycles. The highest BCUT2D eigenvalue weighted by Crippen LogP contribution is 2.26. The van der Waals surface area contributed by atoms with Gasteiger partial charge in [-0.15, -0.1) is 0 Å². The van der Waals surface area contributed by atoms with E-state index in [4.69, 9.17) is 0 Å². The first-order valence-electron chi connectivity index (χ1n) is 3.55. The van der Waals surface area contributed by atoms with E-state index >= 15 is 0 Å². The molecule has 0 aromatic heterocycles. The highest BCUT2D eigenvalue weighted by atomic mass is 16.1. The van der Waals surface area contributed by atoms with Crippen LogP contribution in [0.3, 0.4) is 0 Å². The van der Waals surface area contributed by atoms with Gasteiger partial charge in [-0.1, -0.05) is 23.8 Å². The van der Waals surface area contributed by atoms with Crippen LogP contribution in [0.25, 0.3) is 0 Å². The Labute approximate surface area is 61.4 Å². The topological polar surface area (TPSA) is 17.1 Å². The third kappa shape index (κ3) is 1.18. The molecule has 54 valence electrons. The predicted molar refractivity (Wildman–Crippen MR) is 41.7 cm³/mol. The van der Waals surface area contributed by atoms with E-state index in [-0.39, 0.29) is 5.92 Å². The second kappa shape index (κ2) is 2.82. The summed E-state index contributed by atoms with van der Waals surface area (Å²) in [4.78, 5) is 10.5. The van der Waals surface area contributed by atoms with Gasteiger partial charge in [0, 0.05) is 0 Å². The maximum absolute atomic E-state index is 10.5. The largest absolute Gasteiger partial charge is 0.302 e. The van der Waals surface area contributed by atoms with E-state index in [9.17, 15) is 4.79 Å². The van der Waals surface area contributed by atoms with Crippen molar-refractivity contribution >= 4 is 6.29 Å². The van der Waals surface area contributed by atoms with Gasteiger partial charge in [0.25, 0.3) is 0 Å². The van der Waals surface area contributed by atoms with Gasteiger partial charge < -0.3 is 4.79 Å². The maximum atomic E-state index is 10.5. The Bertz CT molecular complexity index is 189. The number of carbonyl (C=O) groups is 1. The van der Waals surface area contributed by atoms with E-state index in [1.165, 1.54) is 0 Å². The molecule has 0 aromatic carbocycles. The summed E-state index contributed by atoms with van der Waals surface area (Å²) in [5, 5.41) is 0. The number of hydrogen-bond acceptors (Lipinski definition) is 1.